The van der Waals surface area contributed by atoms with Crippen LogP contribution in [0, 0.1) is 0 Å². The summed E-state index contributed by atoms with van der Waals surface area (Å²) in [6.07, 6.45) is 6.27. The first-order valence-corrected chi connectivity index (χ1v) is 5.58. The maximum Gasteiger partial charge on any atom is 0.0697 e. The molecule has 1 nitrogen and oxygen atoms in total. The summed E-state index contributed by atoms with van der Waals surface area (Å²) in [6.45, 7) is 0.839. The van der Waals surface area contributed by atoms with Crippen molar-refractivity contribution in [3.63, 3.8) is 0 Å². The van der Waals surface area contributed by atoms with Crippen LogP contribution in [0.1, 0.15) is 32.1 Å². The van der Waals surface area contributed by atoms with Gasteiger partial charge in [-0.15, -0.1) is 0 Å². The van der Waals surface area contributed by atoms with E-state index in [2.05, 4.69) is 31.9 Å². The summed E-state index contributed by atoms with van der Waals surface area (Å²) in [5.74, 6) is 0. The molecule has 0 aromatic rings. The zero-order chi connectivity index (χ0) is 7.82. The molecule has 0 unspecified atom stereocenters. The topological polar surface area (TPSA) is 26.0 Å². The van der Waals surface area contributed by atoms with Crippen molar-refractivity contribution in [2.24, 2.45) is 5.73 Å². The predicted octanol–water partition coefficient (Wildman–Crippen LogP) is 3.01. The Morgan fingerprint density at radius 3 is 2.10 bits per heavy atom. The van der Waals surface area contributed by atoms with Crippen LogP contribution in [0.5, 0.6) is 0 Å². The minimum atomic E-state index is 0.498. The monoisotopic (exact) mass is 271 g/mol. The number of unbranched alkanes of at least 4 members (excludes halogenated alkanes) is 3. The Balaban J connectivity index is 2.77. The van der Waals surface area contributed by atoms with Crippen molar-refractivity contribution in [2.75, 3.05) is 6.54 Å². The maximum atomic E-state index is 5.35. The lowest BCUT2D eigenvalue weighted by atomic mass is 10.2. The summed E-state index contributed by atoms with van der Waals surface area (Å²) in [6, 6.07) is 0. The molecule has 0 radical (unpaired) electrons. The van der Waals surface area contributed by atoms with E-state index in [1.165, 1.54) is 32.1 Å². The standard InChI is InChI=1S/C7H15Br2N/c8-7(9)5-3-1-2-4-6-10/h7H,1-6,10H2. The average molecular weight is 273 g/mol. The van der Waals surface area contributed by atoms with E-state index in [1.807, 2.05) is 0 Å². The molecule has 0 fully saturated rings. The fourth-order valence-electron chi connectivity index (χ4n) is 0.797. The lowest BCUT2D eigenvalue weighted by Crippen LogP contribution is -1.97. The van der Waals surface area contributed by atoms with Crippen LogP contribution in [0.3, 0.4) is 0 Å². The highest BCUT2D eigenvalue weighted by atomic mass is 79.9. The summed E-state index contributed by atoms with van der Waals surface area (Å²) >= 11 is 6.87. The van der Waals surface area contributed by atoms with Crippen molar-refractivity contribution in [1.29, 1.82) is 0 Å². The van der Waals surface area contributed by atoms with E-state index in [1.54, 1.807) is 0 Å². The molecule has 0 spiro atoms. The van der Waals surface area contributed by atoms with Gasteiger partial charge in [0.05, 0.1) is 3.74 Å². The zero-order valence-corrected chi connectivity index (χ0v) is 9.33. The highest BCUT2D eigenvalue weighted by Crippen LogP contribution is 2.16. The molecule has 2 N–H and O–H groups in total. The minimum Gasteiger partial charge on any atom is -0.330 e. The fraction of sp³-hybridized carbons (Fsp3) is 1.00. The van der Waals surface area contributed by atoms with E-state index in [0.29, 0.717) is 3.74 Å². The van der Waals surface area contributed by atoms with E-state index in [0.717, 1.165) is 6.54 Å². The quantitative estimate of drug-likeness (QED) is 0.584. The number of halogens is 2. The van der Waals surface area contributed by atoms with Gasteiger partial charge in [0.15, 0.2) is 0 Å². The van der Waals surface area contributed by atoms with Crippen LogP contribution in [0.15, 0.2) is 0 Å². The Bertz CT molecular complexity index is 66.6. The van der Waals surface area contributed by atoms with Crippen LogP contribution in [-0.2, 0) is 0 Å². The highest BCUT2D eigenvalue weighted by molar-refractivity contribution is 9.24. The molecule has 3 heteroatoms. The third-order valence-corrected chi connectivity index (χ3v) is 2.29. The predicted molar refractivity (Wildman–Crippen MR) is 53.8 cm³/mol. The molecule has 0 saturated carbocycles. The van der Waals surface area contributed by atoms with Crippen molar-refractivity contribution in [1.82, 2.24) is 0 Å². The van der Waals surface area contributed by atoms with Gasteiger partial charge in [0.1, 0.15) is 0 Å². The average Bonchev–Trinajstić information content (AvgIpc) is 1.87. The number of hydrogen-bond donors (Lipinski definition) is 1. The normalized spacial score (nSPS) is 10.8. The summed E-state index contributed by atoms with van der Waals surface area (Å²) in [5, 5.41) is 0. The van der Waals surface area contributed by atoms with Crippen molar-refractivity contribution >= 4 is 31.9 Å². The number of hydrogen-bond acceptors (Lipinski definition) is 1. The molecule has 62 valence electrons. The second-order valence-corrected chi connectivity index (χ2v) is 5.82. The molecule has 10 heavy (non-hydrogen) atoms. The van der Waals surface area contributed by atoms with Gasteiger partial charge in [-0.05, 0) is 19.4 Å². The third kappa shape index (κ3) is 8.92. The number of rotatable bonds is 6. The fourth-order valence-corrected chi connectivity index (χ4v) is 1.44. The number of alkyl halides is 2. The van der Waals surface area contributed by atoms with Gasteiger partial charge in [-0.25, -0.2) is 0 Å². The smallest absolute Gasteiger partial charge is 0.0697 e. The number of nitrogens with two attached hydrogens (primary N) is 1. The van der Waals surface area contributed by atoms with Gasteiger partial charge in [0.2, 0.25) is 0 Å². The van der Waals surface area contributed by atoms with Crippen molar-refractivity contribution in [3.05, 3.63) is 0 Å². The SMILES string of the molecule is NCCCCCCC(Br)Br. The molecule has 0 atom stereocenters. The highest BCUT2D eigenvalue weighted by Gasteiger charge is 1.95. The van der Waals surface area contributed by atoms with Crippen molar-refractivity contribution in [2.45, 2.75) is 35.8 Å². The van der Waals surface area contributed by atoms with E-state index < -0.39 is 0 Å². The summed E-state index contributed by atoms with van der Waals surface area (Å²) < 4.78 is 0.498. The Kier molecular flexibility index (Phi) is 8.76. The molecule has 0 aromatic heterocycles. The zero-order valence-electron chi connectivity index (χ0n) is 6.15. The maximum absolute atomic E-state index is 5.35. The first-order chi connectivity index (χ1) is 4.77. The van der Waals surface area contributed by atoms with Crippen LogP contribution in [0.25, 0.3) is 0 Å². The molecular formula is C7H15Br2N. The van der Waals surface area contributed by atoms with Gasteiger partial charge in [-0.3, -0.25) is 0 Å². The second kappa shape index (κ2) is 8.02. The molecule has 0 saturated heterocycles. The van der Waals surface area contributed by atoms with Crippen molar-refractivity contribution in [3.8, 4) is 0 Å². The molecule has 0 heterocycles. The van der Waals surface area contributed by atoms with E-state index >= 15 is 0 Å². The van der Waals surface area contributed by atoms with Gasteiger partial charge >= 0.3 is 0 Å². The Morgan fingerprint density at radius 1 is 1.00 bits per heavy atom. The van der Waals surface area contributed by atoms with E-state index in [-0.39, 0.29) is 0 Å². The Morgan fingerprint density at radius 2 is 1.60 bits per heavy atom. The largest absolute Gasteiger partial charge is 0.330 e. The van der Waals surface area contributed by atoms with Crippen molar-refractivity contribution < 1.29 is 0 Å². The van der Waals surface area contributed by atoms with E-state index in [9.17, 15) is 0 Å². The molecule has 0 aliphatic carbocycles. The molecule has 0 aromatic carbocycles. The lowest BCUT2D eigenvalue weighted by molar-refractivity contribution is 0.637. The summed E-state index contributed by atoms with van der Waals surface area (Å²) in [4.78, 5) is 0. The van der Waals surface area contributed by atoms with Gasteiger partial charge in [0.25, 0.3) is 0 Å². The molecule has 0 aliphatic heterocycles. The molecule has 0 rings (SSSR count). The third-order valence-electron chi connectivity index (χ3n) is 1.38. The Hall–Kier alpha value is 0.920. The van der Waals surface area contributed by atoms with Crippen LogP contribution < -0.4 is 5.73 Å². The van der Waals surface area contributed by atoms with E-state index in [4.69, 9.17) is 5.73 Å². The molecular weight excluding hydrogens is 258 g/mol. The first-order valence-electron chi connectivity index (χ1n) is 3.75. The van der Waals surface area contributed by atoms with Crippen LogP contribution in [0.4, 0.5) is 0 Å². The van der Waals surface area contributed by atoms with Gasteiger partial charge < -0.3 is 5.73 Å². The van der Waals surface area contributed by atoms with Crippen LogP contribution >= 0.6 is 31.9 Å². The molecule has 0 aliphatic rings. The summed E-state index contributed by atoms with van der Waals surface area (Å²) in [7, 11) is 0. The minimum absolute atomic E-state index is 0.498. The van der Waals surface area contributed by atoms with Gasteiger partial charge in [-0.2, -0.15) is 0 Å². The first kappa shape index (κ1) is 10.9. The van der Waals surface area contributed by atoms with Crippen LogP contribution in [0.2, 0.25) is 0 Å². The van der Waals surface area contributed by atoms with Gasteiger partial charge in [0, 0.05) is 0 Å². The lowest BCUT2D eigenvalue weighted by Gasteiger charge is -2.00. The van der Waals surface area contributed by atoms with Gasteiger partial charge in [-0.1, -0.05) is 51.1 Å². The summed E-state index contributed by atoms with van der Waals surface area (Å²) in [5.41, 5.74) is 5.35. The molecule has 0 amide bonds. The Labute approximate surface area is 80.0 Å². The second-order valence-electron chi connectivity index (χ2n) is 2.38. The van der Waals surface area contributed by atoms with Crippen LogP contribution in [-0.4, -0.2) is 10.3 Å². The molecule has 0 bridgehead atoms.